The van der Waals surface area contributed by atoms with Crippen LogP contribution in [-0.2, 0) is 0 Å². The van der Waals surface area contributed by atoms with E-state index in [2.05, 4.69) is 4.98 Å². The van der Waals surface area contributed by atoms with Crippen LogP contribution in [0.3, 0.4) is 0 Å². The summed E-state index contributed by atoms with van der Waals surface area (Å²) in [6.45, 7) is 0. The highest BCUT2D eigenvalue weighted by molar-refractivity contribution is 7.13. The second-order valence-corrected chi connectivity index (χ2v) is 7.12. The molecule has 1 amide bonds. The first-order valence-electron chi connectivity index (χ1n) is 7.35. The third kappa shape index (κ3) is 3.29. The van der Waals surface area contributed by atoms with Crippen LogP contribution in [0.25, 0.3) is 0 Å². The average molecular weight is 355 g/mol. The molecular formula is C16H16Cl2N2OS. The Balaban J connectivity index is 1.97. The molecule has 0 spiro atoms. The Kier molecular flexibility index (Phi) is 5.01. The summed E-state index contributed by atoms with van der Waals surface area (Å²) in [5, 5.41) is 3.55. The van der Waals surface area contributed by atoms with E-state index in [1.165, 1.54) is 17.8 Å². The Labute approximate surface area is 143 Å². The van der Waals surface area contributed by atoms with Gasteiger partial charge in [0.25, 0.3) is 5.91 Å². The van der Waals surface area contributed by atoms with Gasteiger partial charge in [-0.15, -0.1) is 11.3 Å². The number of aromatic nitrogens is 1. The van der Waals surface area contributed by atoms with Gasteiger partial charge in [0.2, 0.25) is 0 Å². The van der Waals surface area contributed by atoms with Crippen LogP contribution in [0, 0.1) is 0 Å². The van der Waals surface area contributed by atoms with Crippen LogP contribution >= 0.6 is 34.5 Å². The van der Waals surface area contributed by atoms with Crippen LogP contribution in [0.15, 0.2) is 29.8 Å². The van der Waals surface area contributed by atoms with Crippen molar-refractivity contribution in [1.29, 1.82) is 0 Å². The number of benzene rings is 1. The molecule has 2 aromatic rings. The van der Waals surface area contributed by atoms with Crippen LogP contribution in [0.4, 0.5) is 5.13 Å². The van der Waals surface area contributed by atoms with E-state index in [1.807, 2.05) is 5.38 Å². The zero-order valence-electron chi connectivity index (χ0n) is 12.0. The van der Waals surface area contributed by atoms with Gasteiger partial charge >= 0.3 is 0 Å². The number of amides is 1. The van der Waals surface area contributed by atoms with Gasteiger partial charge in [0.1, 0.15) is 0 Å². The number of carbonyl (C=O) groups is 1. The summed E-state index contributed by atoms with van der Waals surface area (Å²) in [7, 11) is 0. The van der Waals surface area contributed by atoms with Gasteiger partial charge in [-0.3, -0.25) is 9.69 Å². The molecule has 0 unspecified atom stereocenters. The highest BCUT2D eigenvalue weighted by Crippen LogP contribution is 2.32. The molecule has 1 aliphatic rings. The lowest BCUT2D eigenvalue weighted by Crippen LogP contribution is -2.41. The van der Waals surface area contributed by atoms with Crippen LogP contribution in [0.2, 0.25) is 10.0 Å². The van der Waals surface area contributed by atoms with Crippen LogP contribution < -0.4 is 4.90 Å². The van der Waals surface area contributed by atoms with Crippen LogP contribution in [0.1, 0.15) is 42.5 Å². The lowest BCUT2D eigenvalue weighted by atomic mass is 9.94. The highest BCUT2D eigenvalue weighted by Gasteiger charge is 2.30. The summed E-state index contributed by atoms with van der Waals surface area (Å²) in [6, 6.07) is 5.17. The zero-order valence-corrected chi connectivity index (χ0v) is 14.3. The monoisotopic (exact) mass is 354 g/mol. The molecule has 0 bridgehead atoms. The minimum Gasteiger partial charge on any atom is -0.281 e. The van der Waals surface area contributed by atoms with E-state index >= 15 is 0 Å². The van der Waals surface area contributed by atoms with Crippen molar-refractivity contribution in [2.75, 3.05) is 4.90 Å². The fourth-order valence-electron chi connectivity index (χ4n) is 2.87. The largest absolute Gasteiger partial charge is 0.281 e. The molecule has 1 aromatic carbocycles. The average Bonchev–Trinajstić information content (AvgIpc) is 3.05. The van der Waals surface area contributed by atoms with E-state index in [-0.39, 0.29) is 11.9 Å². The molecule has 3 nitrogen and oxygen atoms in total. The molecule has 116 valence electrons. The van der Waals surface area contributed by atoms with E-state index < -0.39 is 0 Å². The number of halogens is 2. The fraction of sp³-hybridized carbons (Fsp3) is 0.375. The fourth-order valence-corrected chi connectivity index (χ4v) is 3.96. The summed E-state index contributed by atoms with van der Waals surface area (Å²) in [4.78, 5) is 19.2. The lowest BCUT2D eigenvalue weighted by molar-refractivity contribution is 0.0970. The van der Waals surface area contributed by atoms with Crippen molar-refractivity contribution in [3.63, 3.8) is 0 Å². The molecule has 0 radical (unpaired) electrons. The molecule has 6 heteroatoms. The van der Waals surface area contributed by atoms with Crippen molar-refractivity contribution < 1.29 is 4.79 Å². The number of hydrogen-bond donors (Lipinski definition) is 0. The van der Waals surface area contributed by atoms with Crippen LogP contribution in [0.5, 0.6) is 0 Å². The predicted octanol–water partition coefficient (Wildman–Crippen LogP) is 5.43. The molecule has 1 heterocycles. The minimum atomic E-state index is -0.116. The minimum absolute atomic E-state index is 0.116. The topological polar surface area (TPSA) is 33.2 Å². The van der Waals surface area contributed by atoms with Gasteiger partial charge < -0.3 is 0 Å². The molecule has 0 N–H and O–H groups in total. The molecule has 1 aromatic heterocycles. The highest BCUT2D eigenvalue weighted by atomic mass is 35.5. The Morgan fingerprint density at radius 3 is 2.68 bits per heavy atom. The van der Waals surface area contributed by atoms with E-state index in [1.54, 1.807) is 29.3 Å². The molecule has 22 heavy (non-hydrogen) atoms. The van der Waals surface area contributed by atoms with E-state index in [4.69, 9.17) is 23.2 Å². The summed E-state index contributed by atoms with van der Waals surface area (Å²) in [5.74, 6) is -0.116. The standard InChI is InChI=1S/C16H16Cl2N2OS/c17-11-6-7-14(18)13(10-11)15(21)20(16-19-8-9-22-16)12-4-2-1-3-5-12/h6-10,12H,1-5H2. The number of carbonyl (C=O) groups excluding carboxylic acids is 1. The number of thiazole rings is 1. The van der Waals surface area contributed by atoms with Crippen molar-refractivity contribution >= 4 is 45.6 Å². The summed E-state index contributed by atoms with van der Waals surface area (Å²) < 4.78 is 0. The van der Waals surface area contributed by atoms with Gasteiger partial charge in [-0.1, -0.05) is 42.5 Å². The summed E-state index contributed by atoms with van der Waals surface area (Å²) >= 11 is 13.7. The molecule has 0 aliphatic heterocycles. The smallest absolute Gasteiger partial charge is 0.261 e. The normalized spacial score (nSPS) is 15.7. The van der Waals surface area contributed by atoms with Gasteiger partial charge in [0, 0.05) is 22.6 Å². The maximum atomic E-state index is 13.1. The van der Waals surface area contributed by atoms with Gasteiger partial charge in [-0.2, -0.15) is 0 Å². The Morgan fingerprint density at radius 1 is 1.23 bits per heavy atom. The Hall–Kier alpha value is -1.10. The SMILES string of the molecule is O=C(c1cc(Cl)ccc1Cl)N(c1nccs1)C1CCCCC1. The lowest BCUT2D eigenvalue weighted by Gasteiger charge is -2.32. The Bertz CT molecular complexity index is 654. The second-order valence-electron chi connectivity index (χ2n) is 5.41. The molecule has 1 aliphatic carbocycles. The molecular weight excluding hydrogens is 339 g/mol. The maximum Gasteiger partial charge on any atom is 0.261 e. The van der Waals surface area contributed by atoms with Gasteiger partial charge in [0.05, 0.1) is 10.6 Å². The van der Waals surface area contributed by atoms with Gasteiger partial charge in [-0.05, 0) is 31.0 Å². The predicted molar refractivity (Wildman–Crippen MR) is 92.3 cm³/mol. The van der Waals surface area contributed by atoms with Crippen molar-refractivity contribution in [2.24, 2.45) is 0 Å². The number of anilines is 1. The number of hydrogen-bond acceptors (Lipinski definition) is 3. The molecule has 0 atom stereocenters. The van der Waals surface area contributed by atoms with Crippen molar-refractivity contribution in [2.45, 2.75) is 38.1 Å². The zero-order chi connectivity index (χ0) is 15.5. The van der Waals surface area contributed by atoms with E-state index in [9.17, 15) is 4.79 Å². The van der Waals surface area contributed by atoms with E-state index in [0.29, 0.717) is 15.6 Å². The van der Waals surface area contributed by atoms with Crippen molar-refractivity contribution in [3.8, 4) is 0 Å². The second kappa shape index (κ2) is 6.99. The summed E-state index contributed by atoms with van der Waals surface area (Å²) in [5.41, 5.74) is 0.440. The number of rotatable bonds is 3. The third-order valence-corrected chi connectivity index (χ3v) is 5.28. The van der Waals surface area contributed by atoms with E-state index in [0.717, 1.165) is 30.8 Å². The van der Waals surface area contributed by atoms with Crippen LogP contribution in [-0.4, -0.2) is 16.9 Å². The Morgan fingerprint density at radius 2 is 2.00 bits per heavy atom. The first kappa shape index (κ1) is 15.8. The first-order chi connectivity index (χ1) is 10.7. The van der Waals surface area contributed by atoms with Crippen molar-refractivity contribution in [3.05, 3.63) is 45.4 Å². The molecule has 0 saturated heterocycles. The van der Waals surface area contributed by atoms with Gasteiger partial charge in [0.15, 0.2) is 5.13 Å². The van der Waals surface area contributed by atoms with Gasteiger partial charge in [-0.25, -0.2) is 4.98 Å². The maximum absolute atomic E-state index is 13.1. The third-order valence-electron chi connectivity index (χ3n) is 3.94. The molecule has 3 rings (SSSR count). The molecule has 1 saturated carbocycles. The van der Waals surface area contributed by atoms with Crippen molar-refractivity contribution in [1.82, 2.24) is 4.98 Å². The number of nitrogens with zero attached hydrogens (tertiary/aromatic N) is 2. The summed E-state index contributed by atoms with van der Waals surface area (Å²) in [6.07, 6.45) is 7.25. The molecule has 1 fully saturated rings. The first-order valence-corrected chi connectivity index (χ1v) is 8.98. The quantitative estimate of drug-likeness (QED) is 0.736.